The third-order valence-corrected chi connectivity index (χ3v) is 3.31. The molecule has 1 aliphatic rings. The van der Waals surface area contributed by atoms with Crippen molar-refractivity contribution in [3.05, 3.63) is 71.0 Å². The molecule has 1 aliphatic heterocycles. The molecule has 2 aromatic carbocycles. The van der Waals surface area contributed by atoms with E-state index in [0.717, 1.165) is 5.56 Å². The minimum absolute atomic E-state index is 0.0639. The van der Waals surface area contributed by atoms with E-state index >= 15 is 0 Å². The summed E-state index contributed by atoms with van der Waals surface area (Å²) in [5.41, 5.74) is 1.64. The highest BCUT2D eigenvalue weighted by Crippen LogP contribution is 2.33. The van der Waals surface area contributed by atoms with E-state index in [2.05, 4.69) is 0 Å². The first-order chi connectivity index (χ1) is 9.65. The molecule has 0 amide bonds. The van der Waals surface area contributed by atoms with Crippen molar-refractivity contribution >= 4 is 11.8 Å². The zero-order valence-corrected chi connectivity index (χ0v) is 10.5. The first kappa shape index (κ1) is 12.5. The summed E-state index contributed by atoms with van der Waals surface area (Å²) in [5.74, 6) is -0.976. The number of benzene rings is 2. The second-order valence-electron chi connectivity index (χ2n) is 4.62. The second kappa shape index (κ2) is 4.89. The van der Waals surface area contributed by atoms with E-state index in [9.17, 15) is 14.0 Å². The predicted octanol–water partition coefficient (Wildman–Crippen LogP) is 3.31. The number of hydrogen-bond donors (Lipinski definition) is 0. The summed E-state index contributed by atoms with van der Waals surface area (Å²) in [5, 5.41) is 0. The molecule has 2 aromatic rings. The summed E-state index contributed by atoms with van der Waals surface area (Å²) in [6.45, 7) is 0. The number of Topliss-reactive ketones (excluding diaryl/α,β-unsaturated/α-hetero) is 1. The monoisotopic (exact) mass is 270 g/mol. The van der Waals surface area contributed by atoms with Gasteiger partial charge >= 0.3 is 5.97 Å². The second-order valence-corrected chi connectivity index (χ2v) is 4.62. The molecule has 0 fully saturated rings. The number of rotatable bonds is 3. The lowest BCUT2D eigenvalue weighted by atomic mass is 9.98. The van der Waals surface area contributed by atoms with Crippen LogP contribution in [0.1, 0.15) is 38.8 Å². The van der Waals surface area contributed by atoms with Gasteiger partial charge in [-0.05, 0) is 30.3 Å². The predicted molar refractivity (Wildman–Crippen MR) is 69.9 cm³/mol. The summed E-state index contributed by atoms with van der Waals surface area (Å²) in [6, 6.07) is 12.4. The number of ketones is 1. The molecular weight excluding hydrogens is 259 g/mol. The van der Waals surface area contributed by atoms with Crippen molar-refractivity contribution in [1.82, 2.24) is 0 Å². The van der Waals surface area contributed by atoms with Gasteiger partial charge in [0.2, 0.25) is 0 Å². The molecule has 4 heteroatoms. The molecule has 0 saturated carbocycles. The van der Waals surface area contributed by atoms with Crippen LogP contribution in [0.4, 0.5) is 4.39 Å². The SMILES string of the molecule is O=C(C[C@@H]1OC(=O)c2ccccc21)c1ccc(F)cc1. The number of carbonyl (C=O) groups excluding carboxylic acids is 2. The Morgan fingerprint density at radius 2 is 1.80 bits per heavy atom. The summed E-state index contributed by atoms with van der Waals surface area (Å²) < 4.78 is 18.0. The Kier molecular flexibility index (Phi) is 3.06. The van der Waals surface area contributed by atoms with Gasteiger partial charge in [-0.1, -0.05) is 18.2 Å². The van der Waals surface area contributed by atoms with Crippen LogP contribution in [0.15, 0.2) is 48.5 Å². The van der Waals surface area contributed by atoms with Gasteiger partial charge in [-0.25, -0.2) is 9.18 Å². The standard InChI is InChI=1S/C16H11FO3/c17-11-7-5-10(6-8-11)14(18)9-15-12-3-1-2-4-13(12)16(19)20-15/h1-8,15H,9H2/t15-/m0/s1. The molecule has 0 radical (unpaired) electrons. The van der Waals surface area contributed by atoms with E-state index < -0.39 is 12.1 Å². The molecule has 0 N–H and O–H groups in total. The van der Waals surface area contributed by atoms with Gasteiger partial charge in [-0.15, -0.1) is 0 Å². The number of cyclic esters (lactones) is 1. The molecule has 3 rings (SSSR count). The Hall–Kier alpha value is -2.49. The molecule has 0 aromatic heterocycles. The van der Waals surface area contributed by atoms with Gasteiger partial charge in [0.05, 0.1) is 12.0 Å². The highest BCUT2D eigenvalue weighted by molar-refractivity contribution is 5.98. The summed E-state index contributed by atoms with van der Waals surface area (Å²) >= 11 is 0. The number of ether oxygens (including phenoxy) is 1. The average molecular weight is 270 g/mol. The molecule has 0 spiro atoms. The topological polar surface area (TPSA) is 43.4 Å². The van der Waals surface area contributed by atoms with Crippen LogP contribution >= 0.6 is 0 Å². The minimum Gasteiger partial charge on any atom is -0.453 e. The van der Waals surface area contributed by atoms with E-state index in [1.807, 2.05) is 0 Å². The van der Waals surface area contributed by atoms with E-state index in [4.69, 9.17) is 4.74 Å². The van der Waals surface area contributed by atoms with Gasteiger partial charge in [-0.2, -0.15) is 0 Å². The van der Waals surface area contributed by atoms with Crippen molar-refractivity contribution in [2.75, 3.05) is 0 Å². The Morgan fingerprint density at radius 1 is 1.10 bits per heavy atom. The van der Waals surface area contributed by atoms with Gasteiger partial charge in [0, 0.05) is 11.1 Å². The van der Waals surface area contributed by atoms with Crippen LogP contribution in [0.3, 0.4) is 0 Å². The van der Waals surface area contributed by atoms with Crippen molar-refractivity contribution in [2.24, 2.45) is 0 Å². The third-order valence-electron chi connectivity index (χ3n) is 3.31. The van der Waals surface area contributed by atoms with Crippen LogP contribution in [-0.4, -0.2) is 11.8 Å². The number of halogens is 1. The zero-order chi connectivity index (χ0) is 14.1. The Balaban J connectivity index is 1.81. The summed E-state index contributed by atoms with van der Waals surface area (Å²) in [6.07, 6.45) is -0.495. The van der Waals surface area contributed by atoms with Crippen molar-refractivity contribution in [3.63, 3.8) is 0 Å². The molecule has 0 unspecified atom stereocenters. The maximum Gasteiger partial charge on any atom is 0.339 e. The molecule has 0 aliphatic carbocycles. The molecule has 1 atom stereocenters. The van der Waals surface area contributed by atoms with E-state index in [1.165, 1.54) is 24.3 Å². The van der Waals surface area contributed by atoms with Gasteiger partial charge < -0.3 is 4.74 Å². The molecule has 100 valence electrons. The van der Waals surface area contributed by atoms with Crippen LogP contribution in [0.5, 0.6) is 0 Å². The fraction of sp³-hybridized carbons (Fsp3) is 0.125. The van der Waals surface area contributed by atoms with Crippen LogP contribution in [0, 0.1) is 5.82 Å². The van der Waals surface area contributed by atoms with Gasteiger partial charge in [-0.3, -0.25) is 4.79 Å². The molecule has 0 bridgehead atoms. The maximum absolute atomic E-state index is 12.8. The number of hydrogen-bond acceptors (Lipinski definition) is 3. The molecule has 20 heavy (non-hydrogen) atoms. The van der Waals surface area contributed by atoms with E-state index in [0.29, 0.717) is 11.1 Å². The Labute approximate surface area is 115 Å². The minimum atomic E-state index is -0.559. The van der Waals surface area contributed by atoms with Crippen molar-refractivity contribution in [2.45, 2.75) is 12.5 Å². The molecular formula is C16H11FO3. The van der Waals surface area contributed by atoms with E-state index in [1.54, 1.807) is 24.3 Å². The fourth-order valence-electron chi connectivity index (χ4n) is 2.29. The maximum atomic E-state index is 12.8. The smallest absolute Gasteiger partial charge is 0.339 e. The van der Waals surface area contributed by atoms with Crippen molar-refractivity contribution in [1.29, 1.82) is 0 Å². The lowest BCUT2D eigenvalue weighted by molar-refractivity contribution is 0.0367. The molecule has 3 nitrogen and oxygen atoms in total. The third kappa shape index (κ3) is 2.20. The van der Waals surface area contributed by atoms with Gasteiger partial charge in [0.1, 0.15) is 11.9 Å². The van der Waals surface area contributed by atoms with Crippen LogP contribution < -0.4 is 0 Å². The highest BCUT2D eigenvalue weighted by atomic mass is 19.1. The Morgan fingerprint density at radius 3 is 2.55 bits per heavy atom. The largest absolute Gasteiger partial charge is 0.453 e. The highest BCUT2D eigenvalue weighted by Gasteiger charge is 2.32. The summed E-state index contributed by atoms with van der Waals surface area (Å²) in [4.78, 5) is 23.8. The number of fused-ring (bicyclic) bond motifs is 1. The average Bonchev–Trinajstić information content (AvgIpc) is 2.77. The Bertz CT molecular complexity index is 676. The van der Waals surface area contributed by atoms with Crippen LogP contribution in [-0.2, 0) is 4.74 Å². The van der Waals surface area contributed by atoms with E-state index in [-0.39, 0.29) is 18.0 Å². The normalized spacial score (nSPS) is 16.6. The van der Waals surface area contributed by atoms with Crippen molar-refractivity contribution in [3.8, 4) is 0 Å². The van der Waals surface area contributed by atoms with Crippen molar-refractivity contribution < 1.29 is 18.7 Å². The number of carbonyl (C=O) groups is 2. The summed E-state index contributed by atoms with van der Waals surface area (Å²) in [7, 11) is 0. The zero-order valence-electron chi connectivity index (χ0n) is 10.5. The fourth-order valence-corrected chi connectivity index (χ4v) is 2.29. The number of esters is 1. The molecule has 1 heterocycles. The van der Waals surface area contributed by atoms with Crippen LogP contribution in [0.25, 0.3) is 0 Å². The lowest BCUT2D eigenvalue weighted by Gasteiger charge is -2.09. The quantitative estimate of drug-likeness (QED) is 0.634. The lowest BCUT2D eigenvalue weighted by Crippen LogP contribution is -2.07. The van der Waals surface area contributed by atoms with Crippen LogP contribution in [0.2, 0.25) is 0 Å². The van der Waals surface area contributed by atoms with Gasteiger partial charge in [0.15, 0.2) is 5.78 Å². The molecule has 0 saturated heterocycles. The first-order valence-corrected chi connectivity index (χ1v) is 6.24. The van der Waals surface area contributed by atoms with Gasteiger partial charge in [0.25, 0.3) is 0 Å². The first-order valence-electron chi connectivity index (χ1n) is 6.24.